The van der Waals surface area contributed by atoms with Crippen molar-refractivity contribution in [2.75, 3.05) is 45.9 Å². The largest absolute Gasteiger partial charge is 0.508 e. The Hall–Kier alpha value is -1.55. The molecule has 1 aromatic carbocycles. The third kappa shape index (κ3) is 6.23. The fraction of sp³-hybridized carbons (Fsp3) is 0.600. The lowest BCUT2D eigenvalue weighted by molar-refractivity contribution is -0.140. The summed E-state index contributed by atoms with van der Waals surface area (Å²) < 4.78 is 5.34. The van der Waals surface area contributed by atoms with Crippen molar-refractivity contribution in [3.8, 4) is 5.75 Å². The number of amides is 1. The van der Waals surface area contributed by atoms with Crippen LogP contribution in [0.3, 0.4) is 0 Å². The Morgan fingerprint density at radius 3 is 2.39 bits per heavy atom. The van der Waals surface area contributed by atoms with E-state index in [4.69, 9.17) is 9.73 Å². The Balaban J connectivity index is 0.00000280. The number of hydrogen-bond acceptors (Lipinski definition) is 4. The number of hydrogen-bond donors (Lipinski definition) is 2. The zero-order chi connectivity index (χ0) is 19.1. The van der Waals surface area contributed by atoms with Gasteiger partial charge >= 0.3 is 0 Å². The van der Waals surface area contributed by atoms with Gasteiger partial charge in [0.2, 0.25) is 5.91 Å². The fourth-order valence-electron chi connectivity index (χ4n) is 3.57. The minimum atomic E-state index is 0. The molecule has 0 bridgehead atoms. The van der Waals surface area contributed by atoms with Crippen LogP contribution in [0.25, 0.3) is 0 Å². The van der Waals surface area contributed by atoms with E-state index in [0.29, 0.717) is 19.8 Å². The number of phenolic OH excluding ortho intramolecular Hbond substituents is 1. The van der Waals surface area contributed by atoms with Crippen LogP contribution in [-0.2, 0) is 16.1 Å². The summed E-state index contributed by atoms with van der Waals surface area (Å²) in [6.07, 6.45) is 1.72. The highest BCUT2D eigenvalue weighted by Crippen LogP contribution is 2.21. The molecule has 28 heavy (non-hydrogen) atoms. The highest BCUT2D eigenvalue weighted by atomic mass is 127. The number of aromatic hydroxyl groups is 1. The molecule has 2 aliphatic rings. The van der Waals surface area contributed by atoms with Gasteiger partial charge in [-0.3, -0.25) is 4.79 Å². The lowest BCUT2D eigenvalue weighted by Gasteiger charge is -2.36. The monoisotopic (exact) mass is 502 g/mol. The molecule has 0 spiro atoms. The number of likely N-dealkylation sites (tertiary alicyclic amines) is 1. The zero-order valence-electron chi connectivity index (χ0n) is 16.5. The molecule has 0 aliphatic carbocycles. The average Bonchev–Trinajstić information content (AvgIpc) is 2.72. The van der Waals surface area contributed by atoms with Crippen molar-refractivity contribution in [3.63, 3.8) is 0 Å². The standard InChI is InChI=1S/C20H30N4O3.HI/c1-2-21-20(22-15-16-3-5-18(25)6-4-16)24-9-7-17(8-10-24)19(26)23-11-13-27-14-12-23;/h3-6,17,25H,2,7-15H2,1H3,(H,21,22);1H. The van der Waals surface area contributed by atoms with Gasteiger partial charge in [0.1, 0.15) is 5.75 Å². The Morgan fingerprint density at radius 2 is 1.79 bits per heavy atom. The predicted octanol–water partition coefficient (Wildman–Crippen LogP) is 2.05. The molecular formula is C20H31IN4O3. The van der Waals surface area contributed by atoms with Gasteiger partial charge in [-0.05, 0) is 37.5 Å². The summed E-state index contributed by atoms with van der Waals surface area (Å²) in [6.45, 7) is 7.84. The third-order valence-electron chi connectivity index (χ3n) is 5.15. The number of ether oxygens (including phenoxy) is 1. The van der Waals surface area contributed by atoms with E-state index in [1.54, 1.807) is 12.1 Å². The molecule has 0 atom stereocenters. The van der Waals surface area contributed by atoms with Gasteiger partial charge < -0.3 is 25.0 Å². The summed E-state index contributed by atoms with van der Waals surface area (Å²) in [6, 6.07) is 7.13. The van der Waals surface area contributed by atoms with Crippen LogP contribution in [-0.4, -0.2) is 72.7 Å². The van der Waals surface area contributed by atoms with Gasteiger partial charge in [-0.1, -0.05) is 12.1 Å². The maximum atomic E-state index is 12.7. The molecule has 0 saturated carbocycles. The number of piperidine rings is 1. The summed E-state index contributed by atoms with van der Waals surface area (Å²) in [7, 11) is 0. The van der Waals surface area contributed by atoms with Crippen molar-refractivity contribution in [2.45, 2.75) is 26.3 Å². The van der Waals surface area contributed by atoms with Crippen LogP contribution in [0.15, 0.2) is 29.3 Å². The molecule has 7 nitrogen and oxygen atoms in total. The van der Waals surface area contributed by atoms with Crippen molar-refractivity contribution < 1.29 is 14.6 Å². The van der Waals surface area contributed by atoms with Crippen LogP contribution in [0.5, 0.6) is 5.75 Å². The number of carbonyl (C=O) groups is 1. The lowest BCUT2D eigenvalue weighted by Crippen LogP contribution is -2.50. The van der Waals surface area contributed by atoms with Crippen LogP contribution in [0.4, 0.5) is 0 Å². The molecule has 2 aliphatic heterocycles. The van der Waals surface area contributed by atoms with Crippen molar-refractivity contribution >= 4 is 35.8 Å². The van der Waals surface area contributed by atoms with E-state index < -0.39 is 0 Å². The van der Waals surface area contributed by atoms with E-state index in [-0.39, 0.29) is 41.6 Å². The second-order valence-electron chi connectivity index (χ2n) is 7.04. The van der Waals surface area contributed by atoms with Crippen molar-refractivity contribution in [1.29, 1.82) is 0 Å². The lowest BCUT2D eigenvalue weighted by atomic mass is 9.95. The number of guanidine groups is 1. The first kappa shape index (κ1) is 22.7. The number of aliphatic imine (C=N–C) groups is 1. The number of carbonyl (C=O) groups excluding carboxylic acids is 1. The first-order valence-electron chi connectivity index (χ1n) is 9.85. The fourth-order valence-corrected chi connectivity index (χ4v) is 3.57. The van der Waals surface area contributed by atoms with Gasteiger partial charge in [-0.25, -0.2) is 4.99 Å². The van der Waals surface area contributed by atoms with Crippen LogP contribution < -0.4 is 5.32 Å². The van der Waals surface area contributed by atoms with E-state index in [0.717, 1.165) is 57.1 Å². The average molecular weight is 502 g/mol. The second-order valence-corrected chi connectivity index (χ2v) is 7.04. The topological polar surface area (TPSA) is 77.4 Å². The SMILES string of the molecule is CCNC(=NCc1ccc(O)cc1)N1CCC(C(=O)N2CCOCC2)CC1.I. The Morgan fingerprint density at radius 1 is 1.14 bits per heavy atom. The summed E-state index contributed by atoms with van der Waals surface area (Å²) in [5, 5.41) is 12.7. The second kappa shape index (κ2) is 11.5. The van der Waals surface area contributed by atoms with Gasteiger partial charge in [-0.2, -0.15) is 0 Å². The quantitative estimate of drug-likeness (QED) is 0.375. The number of benzene rings is 1. The van der Waals surface area contributed by atoms with E-state index in [1.165, 1.54) is 0 Å². The van der Waals surface area contributed by atoms with Crippen LogP contribution in [0, 0.1) is 5.92 Å². The van der Waals surface area contributed by atoms with E-state index in [2.05, 4.69) is 17.1 Å². The van der Waals surface area contributed by atoms with Crippen molar-refractivity contribution in [1.82, 2.24) is 15.1 Å². The van der Waals surface area contributed by atoms with E-state index in [1.807, 2.05) is 17.0 Å². The number of halogens is 1. The smallest absolute Gasteiger partial charge is 0.225 e. The molecule has 156 valence electrons. The first-order chi connectivity index (χ1) is 13.2. The summed E-state index contributed by atoms with van der Waals surface area (Å²) in [5.74, 6) is 1.55. The summed E-state index contributed by atoms with van der Waals surface area (Å²) >= 11 is 0. The molecule has 0 aromatic heterocycles. The molecule has 2 N–H and O–H groups in total. The van der Waals surface area contributed by atoms with Gasteiger partial charge in [0.25, 0.3) is 0 Å². The normalized spacial score (nSPS) is 18.5. The number of nitrogens with one attached hydrogen (secondary N) is 1. The first-order valence-corrected chi connectivity index (χ1v) is 9.85. The maximum absolute atomic E-state index is 12.7. The number of rotatable bonds is 4. The highest BCUT2D eigenvalue weighted by molar-refractivity contribution is 14.0. The molecule has 8 heteroatoms. The Labute approximate surface area is 184 Å². The van der Waals surface area contributed by atoms with Gasteiger partial charge in [0.05, 0.1) is 19.8 Å². The molecule has 1 amide bonds. The molecule has 3 rings (SSSR count). The highest BCUT2D eigenvalue weighted by Gasteiger charge is 2.30. The predicted molar refractivity (Wildman–Crippen MR) is 120 cm³/mol. The molecule has 2 saturated heterocycles. The molecule has 2 heterocycles. The van der Waals surface area contributed by atoms with Gasteiger partial charge in [-0.15, -0.1) is 24.0 Å². The summed E-state index contributed by atoms with van der Waals surface area (Å²) in [4.78, 5) is 21.6. The molecule has 1 aromatic rings. The summed E-state index contributed by atoms with van der Waals surface area (Å²) in [5.41, 5.74) is 1.06. The van der Waals surface area contributed by atoms with Crippen LogP contribution in [0.2, 0.25) is 0 Å². The van der Waals surface area contributed by atoms with Crippen LogP contribution >= 0.6 is 24.0 Å². The van der Waals surface area contributed by atoms with Gasteiger partial charge in [0, 0.05) is 38.6 Å². The van der Waals surface area contributed by atoms with E-state index in [9.17, 15) is 9.90 Å². The maximum Gasteiger partial charge on any atom is 0.225 e. The zero-order valence-corrected chi connectivity index (χ0v) is 18.8. The van der Waals surface area contributed by atoms with Gasteiger partial charge in [0.15, 0.2) is 5.96 Å². The minimum Gasteiger partial charge on any atom is -0.508 e. The van der Waals surface area contributed by atoms with E-state index >= 15 is 0 Å². The molecule has 2 fully saturated rings. The molecular weight excluding hydrogens is 471 g/mol. The molecule has 0 unspecified atom stereocenters. The van der Waals surface area contributed by atoms with Crippen molar-refractivity contribution in [3.05, 3.63) is 29.8 Å². The Kier molecular flexibility index (Phi) is 9.30. The Bertz CT molecular complexity index is 639. The minimum absolute atomic E-state index is 0. The number of morpholine rings is 1. The third-order valence-corrected chi connectivity index (χ3v) is 5.15. The van der Waals surface area contributed by atoms with Crippen molar-refractivity contribution in [2.24, 2.45) is 10.9 Å². The number of nitrogens with zero attached hydrogens (tertiary/aromatic N) is 3. The molecule has 0 radical (unpaired) electrons. The van der Waals surface area contributed by atoms with Crippen LogP contribution in [0.1, 0.15) is 25.3 Å². The number of phenols is 1.